The van der Waals surface area contributed by atoms with Crippen molar-refractivity contribution in [2.45, 2.75) is 13.3 Å². The fourth-order valence-corrected chi connectivity index (χ4v) is 2.68. The van der Waals surface area contributed by atoms with Crippen molar-refractivity contribution < 1.29 is 4.74 Å². The van der Waals surface area contributed by atoms with Gasteiger partial charge in [-0.2, -0.15) is 0 Å². The van der Waals surface area contributed by atoms with Crippen LogP contribution in [0.15, 0.2) is 58.1 Å². The number of hydrogen-bond donors (Lipinski definition) is 1. The molecule has 1 N–H and O–H groups in total. The Morgan fingerprint density at radius 3 is 2.21 bits per heavy atom. The van der Waals surface area contributed by atoms with E-state index in [2.05, 4.69) is 29.6 Å². The third-order valence-corrected chi connectivity index (χ3v) is 4.13. The SMILES string of the molecule is COc1ccc(-c2c(NCCc3ccc(C)cc3)c(=O)c2=O)cc1. The minimum atomic E-state index is -0.440. The smallest absolute Gasteiger partial charge is 0.250 e. The first kappa shape index (κ1) is 16.0. The van der Waals surface area contributed by atoms with Crippen LogP contribution in [0.4, 0.5) is 5.69 Å². The summed E-state index contributed by atoms with van der Waals surface area (Å²) in [5.74, 6) is 0.714. The van der Waals surface area contributed by atoms with Gasteiger partial charge in [0.2, 0.25) is 10.9 Å². The second-order valence-corrected chi connectivity index (χ2v) is 5.80. The highest BCUT2D eigenvalue weighted by Gasteiger charge is 2.21. The molecule has 0 heterocycles. The molecule has 0 atom stereocenters. The summed E-state index contributed by atoms with van der Waals surface area (Å²) >= 11 is 0. The topological polar surface area (TPSA) is 55.4 Å². The van der Waals surface area contributed by atoms with Crippen LogP contribution >= 0.6 is 0 Å². The normalized spacial score (nSPS) is 10.8. The third-order valence-electron chi connectivity index (χ3n) is 4.13. The van der Waals surface area contributed by atoms with Gasteiger partial charge in [0.1, 0.15) is 5.75 Å². The average molecular weight is 321 g/mol. The Bertz CT molecular complexity index is 902. The summed E-state index contributed by atoms with van der Waals surface area (Å²) in [6.07, 6.45) is 0.793. The monoisotopic (exact) mass is 321 g/mol. The van der Waals surface area contributed by atoms with E-state index in [1.807, 2.05) is 6.92 Å². The van der Waals surface area contributed by atoms with Crippen LogP contribution in [0.5, 0.6) is 5.75 Å². The van der Waals surface area contributed by atoms with Crippen molar-refractivity contribution in [1.29, 1.82) is 0 Å². The summed E-state index contributed by atoms with van der Waals surface area (Å²) in [6.45, 7) is 2.66. The van der Waals surface area contributed by atoms with Crippen LogP contribution in [0.25, 0.3) is 11.1 Å². The molecule has 0 aliphatic heterocycles. The first-order chi connectivity index (χ1) is 11.6. The highest BCUT2D eigenvalue weighted by atomic mass is 16.5. The number of ether oxygens (including phenoxy) is 1. The average Bonchev–Trinajstić information content (AvgIpc) is 2.62. The second kappa shape index (κ2) is 6.71. The molecule has 0 radical (unpaired) electrons. The lowest BCUT2D eigenvalue weighted by Gasteiger charge is -2.14. The fourth-order valence-electron chi connectivity index (χ4n) is 2.68. The van der Waals surface area contributed by atoms with E-state index in [0.29, 0.717) is 23.5 Å². The summed E-state index contributed by atoms with van der Waals surface area (Å²) in [4.78, 5) is 23.8. The molecule has 0 aromatic heterocycles. The fraction of sp³-hybridized carbons (Fsp3) is 0.200. The van der Waals surface area contributed by atoms with Gasteiger partial charge in [-0.15, -0.1) is 0 Å². The number of hydrogen-bond acceptors (Lipinski definition) is 4. The highest BCUT2D eigenvalue weighted by molar-refractivity contribution is 5.82. The van der Waals surface area contributed by atoms with Crippen molar-refractivity contribution in [3.8, 4) is 16.9 Å². The van der Waals surface area contributed by atoms with E-state index >= 15 is 0 Å². The van der Waals surface area contributed by atoms with Crippen LogP contribution in [-0.2, 0) is 6.42 Å². The van der Waals surface area contributed by atoms with Gasteiger partial charge in [0.15, 0.2) is 0 Å². The van der Waals surface area contributed by atoms with Crippen LogP contribution in [-0.4, -0.2) is 13.7 Å². The minimum absolute atomic E-state index is 0.414. The van der Waals surface area contributed by atoms with Crippen LogP contribution < -0.4 is 20.9 Å². The predicted molar refractivity (Wildman–Crippen MR) is 96.7 cm³/mol. The molecule has 3 rings (SSSR count). The number of anilines is 1. The molecule has 24 heavy (non-hydrogen) atoms. The second-order valence-electron chi connectivity index (χ2n) is 5.80. The lowest BCUT2D eigenvalue weighted by atomic mass is 9.98. The van der Waals surface area contributed by atoms with E-state index in [9.17, 15) is 9.59 Å². The summed E-state index contributed by atoms with van der Waals surface area (Å²) in [5.41, 5.74) is 3.15. The molecule has 3 aromatic carbocycles. The molecule has 0 spiro atoms. The van der Waals surface area contributed by atoms with Gasteiger partial charge >= 0.3 is 0 Å². The van der Waals surface area contributed by atoms with Gasteiger partial charge < -0.3 is 10.1 Å². The Balaban J connectivity index is 1.72. The Morgan fingerprint density at radius 2 is 1.58 bits per heavy atom. The zero-order valence-electron chi connectivity index (χ0n) is 13.8. The summed E-state index contributed by atoms with van der Waals surface area (Å²) in [6, 6.07) is 15.4. The molecular weight excluding hydrogens is 302 g/mol. The zero-order chi connectivity index (χ0) is 17.1. The molecular formula is C20H19NO3. The van der Waals surface area contributed by atoms with Crippen molar-refractivity contribution in [3.05, 3.63) is 80.1 Å². The number of aryl methyl sites for hydroxylation is 1. The summed E-state index contributed by atoms with van der Waals surface area (Å²) < 4.78 is 5.11. The van der Waals surface area contributed by atoms with Crippen LogP contribution in [0.2, 0.25) is 0 Å². The Kier molecular flexibility index (Phi) is 4.47. The largest absolute Gasteiger partial charge is 0.497 e. The van der Waals surface area contributed by atoms with Gasteiger partial charge in [0.25, 0.3) is 0 Å². The van der Waals surface area contributed by atoms with E-state index in [0.717, 1.165) is 12.0 Å². The molecule has 0 unspecified atom stereocenters. The van der Waals surface area contributed by atoms with E-state index in [1.165, 1.54) is 11.1 Å². The molecule has 0 amide bonds. The van der Waals surface area contributed by atoms with E-state index in [4.69, 9.17) is 4.74 Å². The summed E-state index contributed by atoms with van der Waals surface area (Å²) in [5, 5.41) is 3.12. The maximum absolute atomic E-state index is 11.9. The van der Waals surface area contributed by atoms with Crippen molar-refractivity contribution in [3.63, 3.8) is 0 Å². The van der Waals surface area contributed by atoms with Crippen LogP contribution in [0.1, 0.15) is 11.1 Å². The van der Waals surface area contributed by atoms with Crippen LogP contribution in [0, 0.1) is 6.92 Å². The number of rotatable bonds is 6. The molecule has 0 bridgehead atoms. The zero-order valence-corrected chi connectivity index (χ0v) is 13.8. The van der Waals surface area contributed by atoms with Gasteiger partial charge in [-0.05, 0) is 36.6 Å². The molecule has 0 fully saturated rings. The van der Waals surface area contributed by atoms with Crippen molar-refractivity contribution in [1.82, 2.24) is 0 Å². The third kappa shape index (κ3) is 3.08. The van der Waals surface area contributed by atoms with E-state index < -0.39 is 10.9 Å². The maximum atomic E-state index is 11.9. The predicted octanol–water partition coefficient (Wildman–Crippen LogP) is 2.92. The Labute approximate surface area is 140 Å². The van der Waals surface area contributed by atoms with Gasteiger partial charge in [0, 0.05) is 6.54 Å². The van der Waals surface area contributed by atoms with Gasteiger partial charge in [-0.25, -0.2) is 0 Å². The minimum Gasteiger partial charge on any atom is -0.497 e. The lowest BCUT2D eigenvalue weighted by Crippen LogP contribution is -2.36. The quantitative estimate of drug-likeness (QED) is 0.709. The Hall–Kier alpha value is -2.88. The first-order valence-electron chi connectivity index (χ1n) is 7.87. The molecule has 0 saturated carbocycles. The standard InChI is InChI=1S/C20H19NO3/c1-13-3-5-14(6-4-13)11-12-21-18-17(19(22)20(18)23)15-7-9-16(24-2)10-8-15/h3-10,21H,11-12H2,1-2H3. The number of methoxy groups -OCH3 is 1. The van der Waals surface area contributed by atoms with E-state index in [-0.39, 0.29) is 0 Å². The number of nitrogens with one attached hydrogen (secondary N) is 1. The van der Waals surface area contributed by atoms with E-state index in [1.54, 1.807) is 31.4 Å². The highest BCUT2D eigenvalue weighted by Crippen LogP contribution is 2.25. The van der Waals surface area contributed by atoms with Crippen LogP contribution in [0.3, 0.4) is 0 Å². The molecule has 4 nitrogen and oxygen atoms in total. The molecule has 0 saturated heterocycles. The number of benzene rings is 2. The molecule has 0 aliphatic rings. The first-order valence-corrected chi connectivity index (χ1v) is 7.87. The van der Waals surface area contributed by atoms with Gasteiger partial charge in [-0.3, -0.25) is 9.59 Å². The Morgan fingerprint density at radius 1 is 0.917 bits per heavy atom. The lowest BCUT2D eigenvalue weighted by molar-refractivity contribution is 0.415. The van der Waals surface area contributed by atoms with Crippen molar-refractivity contribution in [2.24, 2.45) is 0 Å². The molecule has 0 aliphatic carbocycles. The van der Waals surface area contributed by atoms with Gasteiger partial charge in [0.05, 0.1) is 18.4 Å². The molecule has 3 aromatic rings. The summed E-state index contributed by atoms with van der Waals surface area (Å²) in [7, 11) is 1.59. The molecule has 4 heteroatoms. The van der Waals surface area contributed by atoms with Gasteiger partial charge in [-0.1, -0.05) is 42.0 Å². The maximum Gasteiger partial charge on any atom is 0.250 e. The van der Waals surface area contributed by atoms with Crippen molar-refractivity contribution >= 4 is 5.69 Å². The van der Waals surface area contributed by atoms with Crippen molar-refractivity contribution in [2.75, 3.05) is 19.0 Å². The molecule has 122 valence electrons.